The van der Waals surface area contributed by atoms with Crippen LogP contribution >= 0.6 is 0 Å². The Hall–Kier alpha value is -3.65. The van der Waals surface area contributed by atoms with E-state index in [1.165, 1.54) is 6.20 Å². The van der Waals surface area contributed by atoms with Crippen LogP contribution in [-0.2, 0) is 4.79 Å². The molecule has 1 saturated heterocycles. The van der Waals surface area contributed by atoms with E-state index in [0.29, 0.717) is 34.6 Å². The van der Waals surface area contributed by atoms with Gasteiger partial charge in [-0.05, 0) is 49.6 Å². The van der Waals surface area contributed by atoms with E-state index < -0.39 is 18.3 Å². The van der Waals surface area contributed by atoms with E-state index in [4.69, 9.17) is 4.74 Å². The highest BCUT2D eigenvalue weighted by molar-refractivity contribution is 5.93. The number of rotatable bonds is 5. The Morgan fingerprint density at radius 1 is 1.26 bits per heavy atom. The van der Waals surface area contributed by atoms with E-state index in [0.717, 1.165) is 12.8 Å². The topological polar surface area (TPSA) is 104 Å². The minimum atomic E-state index is -4.35. The zero-order valence-electron chi connectivity index (χ0n) is 18.0. The number of nitrogens with one attached hydrogen (secondary N) is 2. The van der Waals surface area contributed by atoms with Gasteiger partial charge in [0.2, 0.25) is 5.91 Å². The maximum absolute atomic E-state index is 13.2. The Balaban J connectivity index is 1.43. The van der Waals surface area contributed by atoms with Crippen LogP contribution in [0.4, 0.5) is 19.0 Å². The van der Waals surface area contributed by atoms with Gasteiger partial charge in [-0.3, -0.25) is 4.79 Å². The SMILES string of the molecule is N#Cc1cc(-c2ccn3nc(NC(=O)C4CC4)cc3c2)c(O[C@H]2CCN[C@@H](C(F)(F)F)C2)cn1. The quantitative estimate of drug-likeness (QED) is 0.590. The van der Waals surface area contributed by atoms with E-state index in [1.54, 1.807) is 28.9 Å². The van der Waals surface area contributed by atoms with Gasteiger partial charge in [-0.25, -0.2) is 9.50 Å². The second-order valence-corrected chi connectivity index (χ2v) is 8.57. The molecule has 176 valence electrons. The average molecular weight is 470 g/mol. The molecular formula is C23H21F3N6O2. The van der Waals surface area contributed by atoms with Crippen LogP contribution in [0, 0.1) is 17.2 Å². The number of ether oxygens (including phenoxy) is 1. The third-order valence-electron chi connectivity index (χ3n) is 6.00. The second-order valence-electron chi connectivity index (χ2n) is 8.57. The van der Waals surface area contributed by atoms with Gasteiger partial charge in [0.25, 0.3) is 0 Å². The van der Waals surface area contributed by atoms with Crippen molar-refractivity contribution in [2.45, 2.75) is 44.0 Å². The zero-order chi connectivity index (χ0) is 23.9. The number of carbonyl (C=O) groups excluding carboxylic acids is 1. The highest BCUT2D eigenvalue weighted by Gasteiger charge is 2.43. The summed E-state index contributed by atoms with van der Waals surface area (Å²) in [6.07, 6.45) is 0.0501. The van der Waals surface area contributed by atoms with E-state index in [9.17, 15) is 23.2 Å². The first-order chi connectivity index (χ1) is 16.3. The van der Waals surface area contributed by atoms with Crippen molar-refractivity contribution in [1.29, 1.82) is 5.26 Å². The molecule has 2 fully saturated rings. The first kappa shape index (κ1) is 22.2. The van der Waals surface area contributed by atoms with Crippen LogP contribution in [0.3, 0.4) is 0 Å². The fraction of sp³-hybridized carbons (Fsp3) is 0.391. The Morgan fingerprint density at radius 2 is 2.09 bits per heavy atom. The molecule has 1 aliphatic carbocycles. The molecule has 0 spiro atoms. The van der Waals surface area contributed by atoms with Gasteiger partial charge >= 0.3 is 6.18 Å². The first-order valence-electron chi connectivity index (χ1n) is 11.0. The van der Waals surface area contributed by atoms with Gasteiger partial charge in [-0.1, -0.05) is 0 Å². The van der Waals surface area contributed by atoms with Crippen LogP contribution < -0.4 is 15.4 Å². The van der Waals surface area contributed by atoms with Gasteiger partial charge < -0.3 is 15.4 Å². The Morgan fingerprint density at radius 3 is 2.82 bits per heavy atom. The van der Waals surface area contributed by atoms with Gasteiger partial charge in [0, 0.05) is 30.2 Å². The van der Waals surface area contributed by atoms with E-state index in [-0.39, 0.29) is 30.5 Å². The van der Waals surface area contributed by atoms with Crippen molar-refractivity contribution in [2.75, 3.05) is 11.9 Å². The molecule has 0 aromatic carbocycles. The molecule has 2 aliphatic rings. The smallest absolute Gasteiger partial charge is 0.403 e. The van der Waals surface area contributed by atoms with Crippen molar-refractivity contribution in [1.82, 2.24) is 19.9 Å². The number of pyridine rings is 2. The van der Waals surface area contributed by atoms with Crippen LogP contribution in [0.25, 0.3) is 16.6 Å². The molecule has 3 aromatic heterocycles. The van der Waals surface area contributed by atoms with Crippen LogP contribution in [0.2, 0.25) is 0 Å². The molecule has 2 atom stereocenters. The van der Waals surface area contributed by atoms with Gasteiger partial charge in [0.1, 0.15) is 29.7 Å². The number of aromatic nitrogens is 3. The normalized spacial score (nSPS) is 20.6. The molecule has 1 amide bonds. The predicted molar refractivity (Wildman–Crippen MR) is 116 cm³/mol. The summed E-state index contributed by atoms with van der Waals surface area (Å²) in [6, 6.07) is 7.21. The summed E-state index contributed by atoms with van der Waals surface area (Å²) in [5.74, 6) is 0.739. The number of fused-ring (bicyclic) bond motifs is 1. The number of hydrogen-bond donors (Lipinski definition) is 2. The maximum Gasteiger partial charge on any atom is 0.403 e. The molecular weight excluding hydrogens is 449 g/mol. The van der Waals surface area contributed by atoms with Crippen LogP contribution in [-0.4, -0.2) is 45.4 Å². The number of amides is 1. The standard InChI is InChI=1S/C23H21F3N6O2/c24-23(25,26)20-10-17(3-5-28-20)34-19-12-29-15(11-27)8-18(19)14-4-6-32-16(7-14)9-21(31-32)30-22(33)13-1-2-13/h4,6-9,12-13,17,20,28H,1-3,5,10H2,(H,30,31,33)/t17-,20+/m0/s1. The molecule has 8 nitrogen and oxygen atoms in total. The highest BCUT2D eigenvalue weighted by Crippen LogP contribution is 2.35. The zero-order valence-corrected chi connectivity index (χ0v) is 18.0. The summed E-state index contributed by atoms with van der Waals surface area (Å²) in [6.45, 7) is 0.186. The van der Waals surface area contributed by atoms with E-state index >= 15 is 0 Å². The molecule has 0 unspecified atom stereocenters. The average Bonchev–Trinajstić information content (AvgIpc) is 3.59. The van der Waals surface area contributed by atoms with Gasteiger partial charge in [-0.2, -0.15) is 23.5 Å². The lowest BCUT2D eigenvalue weighted by Gasteiger charge is -2.32. The molecule has 34 heavy (non-hydrogen) atoms. The van der Waals surface area contributed by atoms with Crippen molar-refractivity contribution >= 4 is 17.2 Å². The summed E-state index contributed by atoms with van der Waals surface area (Å²) >= 11 is 0. The number of hydrogen-bond acceptors (Lipinski definition) is 6. The third-order valence-corrected chi connectivity index (χ3v) is 6.00. The van der Waals surface area contributed by atoms with E-state index in [2.05, 4.69) is 20.7 Å². The molecule has 0 bridgehead atoms. The van der Waals surface area contributed by atoms with Gasteiger partial charge in [0.15, 0.2) is 5.82 Å². The molecule has 3 aromatic rings. The maximum atomic E-state index is 13.2. The summed E-state index contributed by atoms with van der Waals surface area (Å²) in [7, 11) is 0. The molecule has 0 radical (unpaired) electrons. The second kappa shape index (κ2) is 8.61. The molecule has 4 heterocycles. The van der Waals surface area contributed by atoms with Crippen molar-refractivity contribution in [2.24, 2.45) is 5.92 Å². The lowest BCUT2D eigenvalue weighted by molar-refractivity contribution is -0.166. The van der Waals surface area contributed by atoms with Crippen molar-refractivity contribution in [3.8, 4) is 22.9 Å². The van der Waals surface area contributed by atoms with Crippen LogP contribution in [0.5, 0.6) is 5.75 Å². The molecule has 11 heteroatoms. The summed E-state index contributed by atoms with van der Waals surface area (Å²) < 4.78 is 47.1. The summed E-state index contributed by atoms with van der Waals surface area (Å²) in [4.78, 5) is 16.1. The minimum Gasteiger partial charge on any atom is -0.488 e. The Labute approximate surface area is 192 Å². The fourth-order valence-corrected chi connectivity index (χ4v) is 4.04. The first-order valence-corrected chi connectivity index (χ1v) is 11.0. The van der Waals surface area contributed by atoms with Crippen LogP contribution in [0.15, 0.2) is 36.7 Å². The molecule has 2 N–H and O–H groups in total. The Kier molecular flexibility index (Phi) is 5.61. The number of nitrogens with zero attached hydrogens (tertiary/aromatic N) is 4. The lowest BCUT2D eigenvalue weighted by Crippen LogP contribution is -2.50. The van der Waals surface area contributed by atoms with Crippen molar-refractivity contribution in [3.63, 3.8) is 0 Å². The molecule has 1 aliphatic heterocycles. The van der Waals surface area contributed by atoms with Crippen LogP contribution in [0.1, 0.15) is 31.4 Å². The third kappa shape index (κ3) is 4.68. The van der Waals surface area contributed by atoms with Crippen molar-refractivity contribution in [3.05, 3.63) is 42.4 Å². The van der Waals surface area contributed by atoms with E-state index in [1.807, 2.05) is 12.1 Å². The largest absolute Gasteiger partial charge is 0.488 e. The van der Waals surface area contributed by atoms with Gasteiger partial charge in [0.05, 0.1) is 11.7 Å². The number of nitriles is 1. The molecule has 5 rings (SSSR count). The predicted octanol–water partition coefficient (Wildman–Crippen LogP) is 3.68. The number of alkyl halides is 3. The van der Waals surface area contributed by atoms with Gasteiger partial charge in [-0.15, -0.1) is 0 Å². The summed E-state index contributed by atoms with van der Waals surface area (Å²) in [5, 5.41) is 19.0. The highest BCUT2D eigenvalue weighted by atomic mass is 19.4. The minimum absolute atomic E-state index is 0.0493. The number of anilines is 1. The number of carbonyl (C=O) groups is 1. The fourth-order valence-electron chi connectivity index (χ4n) is 4.04. The number of halogens is 3. The summed E-state index contributed by atoms with van der Waals surface area (Å²) in [5.41, 5.74) is 2.08. The monoisotopic (exact) mass is 470 g/mol. The van der Waals surface area contributed by atoms with Crippen molar-refractivity contribution < 1.29 is 22.7 Å². The number of piperidine rings is 1. The lowest BCUT2D eigenvalue weighted by atomic mass is 10.0. The Bertz CT molecular complexity index is 1280. The molecule has 1 saturated carbocycles.